The van der Waals surface area contributed by atoms with Crippen LogP contribution in [-0.4, -0.2) is 48.3 Å². The Morgan fingerprint density at radius 3 is 1.17 bits per heavy atom. The summed E-state index contributed by atoms with van der Waals surface area (Å²) in [7, 11) is 2.06. The maximum atomic E-state index is 11.4. The van der Waals surface area contributed by atoms with E-state index in [2.05, 4.69) is 9.47 Å². The molecule has 0 aromatic rings. The molecule has 1 aliphatic rings. The Morgan fingerprint density at radius 2 is 1.00 bits per heavy atom. The Bertz CT molecular complexity index is 363. The van der Waals surface area contributed by atoms with Gasteiger partial charge in [0, 0.05) is 0 Å². The lowest BCUT2D eigenvalue weighted by Crippen LogP contribution is -2.60. The number of methoxy groups -OCH3 is 2. The van der Waals surface area contributed by atoms with Gasteiger partial charge in [-0.2, -0.15) is 0 Å². The van der Waals surface area contributed by atoms with Crippen LogP contribution >= 0.6 is 0 Å². The molecular formula is C10H12O8. The Hall–Kier alpha value is -2.12. The Kier molecular flexibility index (Phi) is 3.89. The average Bonchev–Trinajstić information content (AvgIpc) is 2.25. The molecule has 0 radical (unpaired) electrons. The van der Waals surface area contributed by atoms with Gasteiger partial charge in [0.05, 0.1) is 37.9 Å². The van der Waals surface area contributed by atoms with Crippen LogP contribution in [0, 0.1) is 23.7 Å². The molecule has 1 fully saturated rings. The van der Waals surface area contributed by atoms with Gasteiger partial charge in [0.15, 0.2) is 0 Å². The molecule has 4 unspecified atom stereocenters. The van der Waals surface area contributed by atoms with Gasteiger partial charge in [-0.15, -0.1) is 0 Å². The summed E-state index contributed by atoms with van der Waals surface area (Å²) in [5.74, 6) is -10.4. The number of rotatable bonds is 4. The number of aliphatic carboxylic acids is 2. The van der Waals surface area contributed by atoms with Crippen LogP contribution in [0.15, 0.2) is 0 Å². The molecule has 8 heteroatoms. The SMILES string of the molecule is COC(=O)C1C(C(=O)O)C(C(=O)O)C1C(=O)OC. The van der Waals surface area contributed by atoms with Crippen LogP contribution in [0.4, 0.5) is 0 Å². The molecule has 100 valence electrons. The highest BCUT2D eigenvalue weighted by molar-refractivity contribution is 5.96. The van der Waals surface area contributed by atoms with Gasteiger partial charge < -0.3 is 19.7 Å². The predicted molar refractivity (Wildman–Crippen MR) is 53.3 cm³/mol. The van der Waals surface area contributed by atoms with Crippen molar-refractivity contribution < 1.29 is 38.9 Å². The fourth-order valence-corrected chi connectivity index (χ4v) is 2.22. The molecule has 0 amide bonds. The molecule has 0 spiro atoms. The van der Waals surface area contributed by atoms with Crippen molar-refractivity contribution in [2.24, 2.45) is 23.7 Å². The van der Waals surface area contributed by atoms with Crippen LogP contribution < -0.4 is 0 Å². The molecule has 2 N–H and O–H groups in total. The maximum Gasteiger partial charge on any atom is 0.310 e. The summed E-state index contributed by atoms with van der Waals surface area (Å²) in [6.07, 6.45) is 0. The molecule has 8 nitrogen and oxygen atoms in total. The van der Waals surface area contributed by atoms with Crippen molar-refractivity contribution in [1.82, 2.24) is 0 Å². The third-order valence-electron chi connectivity index (χ3n) is 3.06. The molecule has 18 heavy (non-hydrogen) atoms. The number of carbonyl (C=O) groups excluding carboxylic acids is 2. The molecule has 1 rings (SSSR count). The molecule has 0 aromatic carbocycles. The minimum absolute atomic E-state index is 0.935. The van der Waals surface area contributed by atoms with Crippen LogP contribution in [0.5, 0.6) is 0 Å². The minimum atomic E-state index is -1.49. The lowest BCUT2D eigenvalue weighted by Gasteiger charge is -2.43. The van der Waals surface area contributed by atoms with Gasteiger partial charge in [-0.25, -0.2) is 0 Å². The van der Waals surface area contributed by atoms with Crippen molar-refractivity contribution in [3.63, 3.8) is 0 Å². The molecule has 1 saturated carbocycles. The van der Waals surface area contributed by atoms with E-state index in [-0.39, 0.29) is 0 Å². The van der Waals surface area contributed by atoms with Gasteiger partial charge in [-0.3, -0.25) is 19.2 Å². The van der Waals surface area contributed by atoms with Gasteiger partial charge in [-0.1, -0.05) is 0 Å². The molecule has 0 saturated heterocycles. The molecule has 1 aliphatic carbocycles. The first-order chi connectivity index (χ1) is 8.36. The maximum absolute atomic E-state index is 11.4. The first kappa shape index (κ1) is 13.9. The van der Waals surface area contributed by atoms with Gasteiger partial charge in [-0.05, 0) is 0 Å². The molecule has 0 aliphatic heterocycles. The largest absolute Gasteiger partial charge is 0.481 e. The lowest BCUT2D eigenvalue weighted by atomic mass is 9.56. The molecular weight excluding hydrogens is 248 g/mol. The molecule has 0 aromatic heterocycles. The van der Waals surface area contributed by atoms with Crippen molar-refractivity contribution in [2.45, 2.75) is 0 Å². The third-order valence-corrected chi connectivity index (χ3v) is 3.06. The highest BCUT2D eigenvalue weighted by atomic mass is 16.5. The quantitative estimate of drug-likeness (QED) is 0.615. The molecule has 0 bridgehead atoms. The van der Waals surface area contributed by atoms with E-state index >= 15 is 0 Å². The van der Waals surface area contributed by atoms with E-state index in [9.17, 15) is 19.2 Å². The standard InChI is InChI=1S/C10H12O8/c1-17-9(15)5-3(7(11)12)4(8(13)14)6(5)10(16)18-2/h3-6H,1-2H3,(H,11,12)(H,13,14). The number of esters is 2. The highest BCUT2D eigenvalue weighted by Crippen LogP contribution is 2.47. The number of carboxylic acid groups (broad SMARTS) is 2. The summed E-state index contributed by atoms with van der Waals surface area (Å²) in [5, 5.41) is 17.8. The summed E-state index contributed by atoms with van der Waals surface area (Å²) in [5.41, 5.74) is 0. The van der Waals surface area contributed by atoms with Gasteiger partial charge in [0.2, 0.25) is 0 Å². The predicted octanol–water partition coefficient (Wildman–Crippen LogP) is -1.02. The third kappa shape index (κ3) is 2.01. The van der Waals surface area contributed by atoms with E-state index in [4.69, 9.17) is 10.2 Å². The number of carboxylic acids is 2. The van der Waals surface area contributed by atoms with E-state index in [1.807, 2.05) is 0 Å². The smallest absolute Gasteiger partial charge is 0.310 e. The zero-order valence-electron chi connectivity index (χ0n) is 9.65. The first-order valence-electron chi connectivity index (χ1n) is 4.98. The summed E-state index contributed by atoms with van der Waals surface area (Å²) in [6.45, 7) is 0. The summed E-state index contributed by atoms with van der Waals surface area (Å²) in [4.78, 5) is 44.8. The topological polar surface area (TPSA) is 127 Å². The zero-order valence-corrected chi connectivity index (χ0v) is 9.65. The second-order valence-electron chi connectivity index (χ2n) is 3.83. The number of ether oxygens (including phenoxy) is 2. The summed E-state index contributed by atoms with van der Waals surface area (Å²) in [6, 6.07) is 0. The highest BCUT2D eigenvalue weighted by Gasteiger charge is 2.64. The average molecular weight is 260 g/mol. The number of hydrogen-bond donors (Lipinski definition) is 2. The summed E-state index contributed by atoms with van der Waals surface area (Å²) >= 11 is 0. The van der Waals surface area contributed by atoms with E-state index < -0.39 is 47.5 Å². The fraction of sp³-hybridized carbons (Fsp3) is 0.600. The van der Waals surface area contributed by atoms with Crippen molar-refractivity contribution in [2.75, 3.05) is 14.2 Å². The first-order valence-corrected chi connectivity index (χ1v) is 4.98. The second-order valence-corrected chi connectivity index (χ2v) is 3.83. The number of hydrogen-bond acceptors (Lipinski definition) is 6. The Labute approximate surface area is 101 Å². The van der Waals surface area contributed by atoms with Crippen LogP contribution in [0.2, 0.25) is 0 Å². The van der Waals surface area contributed by atoms with E-state index in [1.54, 1.807) is 0 Å². The van der Waals surface area contributed by atoms with E-state index in [1.165, 1.54) is 0 Å². The van der Waals surface area contributed by atoms with Gasteiger partial charge in [0.25, 0.3) is 0 Å². The van der Waals surface area contributed by atoms with Crippen LogP contribution in [-0.2, 0) is 28.7 Å². The van der Waals surface area contributed by atoms with E-state index in [0.29, 0.717) is 0 Å². The van der Waals surface area contributed by atoms with Gasteiger partial charge in [0.1, 0.15) is 0 Å². The van der Waals surface area contributed by atoms with E-state index in [0.717, 1.165) is 14.2 Å². The van der Waals surface area contributed by atoms with Crippen molar-refractivity contribution in [1.29, 1.82) is 0 Å². The lowest BCUT2D eigenvalue weighted by molar-refractivity contribution is -0.194. The fourth-order valence-electron chi connectivity index (χ4n) is 2.22. The Balaban J connectivity index is 3.10. The van der Waals surface area contributed by atoms with Gasteiger partial charge >= 0.3 is 23.9 Å². The summed E-state index contributed by atoms with van der Waals surface area (Å²) < 4.78 is 8.77. The van der Waals surface area contributed by atoms with Crippen LogP contribution in [0.1, 0.15) is 0 Å². The molecule has 4 atom stereocenters. The normalized spacial score (nSPS) is 29.9. The number of carbonyl (C=O) groups is 4. The zero-order chi connectivity index (χ0) is 14.0. The van der Waals surface area contributed by atoms with Crippen molar-refractivity contribution >= 4 is 23.9 Å². The minimum Gasteiger partial charge on any atom is -0.481 e. The van der Waals surface area contributed by atoms with Crippen LogP contribution in [0.3, 0.4) is 0 Å². The monoisotopic (exact) mass is 260 g/mol. The second kappa shape index (κ2) is 5.03. The molecule has 0 heterocycles. The van der Waals surface area contributed by atoms with Crippen LogP contribution in [0.25, 0.3) is 0 Å². The van der Waals surface area contributed by atoms with Crippen molar-refractivity contribution in [3.8, 4) is 0 Å². The van der Waals surface area contributed by atoms with Crippen molar-refractivity contribution in [3.05, 3.63) is 0 Å². The Morgan fingerprint density at radius 1 is 0.722 bits per heavy atom.